The highest BCUT2D eigenvalue weighted by Crippen LogP contribution is 2.25. The second-order valence-corrected chi connectivity index (χ2v) is 8.77. The van der Waals surface area contributed by atoms with Crippen molar-refractivity contribution >= 4 is 45.1 Å². The number of hydrazine groups is 1. The van der Waals surface area contributed by atoms with E-state index in [1.54, 1.807) is 18.2 Å². The number of benzene rings is 2. The summed E-state index contributed by atoms with van der Waals surface area (Å²) in [5.74, 6) is -0.253. The molecule has 0 aromatic heterocycles. The number of thiocarbonyl (C=S) groups is 1. The van der Waals surface area contributed by atoms with Crippen molar-refractivity contribution in [3.63, 3.8) is 0 Å². The second-order valence-electron chi connectivity index (χ2n) is 7.51. The summed E-state index contributed by atoms with van der Waals surface area (Å²) in [6.45, 7) is 8.05. The standard InChI is InChI=1S/C21H24BrN3O3S/c1-13-5-10-17(16(22)11-13)28-12-18(26)23-20(29)25-24-19(27)14-6-8-15(9-7-14)21(2,3)4/h5-11H,12H2,1-4H3,(H,24,27)(H2,23,25,26,29). The molecule has 0 aliphatic heterocycles. The summed E-state index contributed by atoms with van der Waals surface area (Å²) in [5.41, 5.74) is 7.66. The molecular weight excluding hydrogens is 454 g/mol. The first-order valence-corrected chi connectivity index (χ1v) is 10.2. The summed E-state index contributed by atoms with van der Waals surface area (Å²) in [6, 6.07) is 12.9. The van der Waals surface area contributed by atoms with Crippen molar-refractivity contribution in [2.45, 2.75) is 33.1 Å². The van der Waals surface area contributed by atoms with Crippen LogP contribution in [0.25, 0.3) is 0 Å². The number of halogens is 1. The molecule has 6 nitrogen and oxygen atoms in total. The lowest BCUT2D eigenvalue weighted by atomic mass is 9.87. The van der Waals surface area contributed by atoms with Gasteiger partial charge in [0.1, 0.15) is 5.75 Å². The van der Waals surface area contributed by atoms with Gasteiger partial charge in [-0.3, -0.25) is 25.8 Å². The summed E-state index contributed by atoms with van der Waals surface area (Å²) >= 11 is 8.40. The molecule has 3 N–H and O–H groups in total. The molecule has 0 unspecified atom stereocenters. The van der Waals surface area contributed by atoms with Gasteiger partial charge in [0.15, 0.2) is 11.7 Å². The quantitative estimate of drug-likeness (QED) is 0.461. The predicted octanol–water partition coefficient (Wildman–Crippen LogP) is 3.77. The lowest BCUT2D eigenvalue weighted by Crippen LogP contribution is -2.49. The molecule has 2 aromatic rings. The molecule has 0 fully saturated rings. The van der Waals surface area contributed by atoms with Crippen LogP contribution in [0, 0.1) is 6.92 Å². The summed E-state index contributed by atoms with van der Waals surface area (Å²) in [6.07, 6.45) is 0. The van der Waals surface area contributed by atoms with E-state index in [1.165, 1.54) is 0 Å². The van der Waals surface area contributed by atoms with Crippen molar-refractivity contribution in [2.24, 2.45) is 0 Å². The van der Waals surface area contributed by atoms with Crippen LogP contribution in [0.15, 0.2) is 46.9 Å². The first-order chi connectivity index (χ1) is 13.6. The van der Waals surface area contributed by atoms with E-state index in [2.05, 4.69) is 52.9 Å². The van der Waals surface area contributed by atoms with Crippen molar-refractivity contribution in [3.05, 3.63) is 63.6 Å². The molecule has 0 spiro atoms. The van der Waals surface area contributed by atoms with Crippen LogP contribution in [0.3, 0.4) is 0 Å². The van der Waals surface area contributed by atoms with E-state index in [1.807, 2.05) is 31.2 Å². The van der Waals surface area contributed by atoms with Crippen LogP contribution in [-0.2, 0) is 10.2 Å². The molecule has 0 atom stereocenters. The van der Waals surface area contributed by atoms with Crippen LogP contribution < -0.4 is 20.9 Å². The van der Waals surface area contributed by atoms with Gasteiger partial charge in [0, 0.05) is 5.56 Å². The molecule has 8 heteroatoms. The molecule has 0 heterocycles. The molecule has 0 saturated carbocycles. The van der Waals surface area contributed by atoms with Crippen molar-refractivity contribution < 1.29 is 14.3 Å². The van der Waals surface area contributed by atoms with E-state index < -0.39 is 5.91 Å². The fourth-order valence-electron chi connectivity index (χ4n) is 2.37. The van der Waals surface area contributed by atoms with Crippen molar-refractivity contribution in [1.82, 2.24) is 16.2 Å². The van der Waals surface area contributed by atoms with Gasteiger partial charge < -0.3 is 4.74 Å². The lowest BCUT2D eigenvalue weighted by molar-refractivity contribution is -0.121. The summed E-state index contributed by atoms with van der Waals surface area (Å²) in [7, 11) is 0. The number of hydrogen-bond acceptors (Lipinski definition) is 4. The molecular formula is C21H24BrN3O3S. The van der Waals surface area contributed by atoms with Gasteiger partial charge in [0.2, 0.25) is 0 Å². The number of carbonyl (C=O) groups is 2. The van der Waals surface area contributed by atoms with Gasteiger partial charge in [-0.2, -0.15) is 0 Å². The van der Waals surface area contributed by atoms with Gasteiger partial charge >= 0.3 is 0 Å². The first-order valence-electron chi connectivity index (χ1n) is 8.96. The summed E-state index contributed by atoms with van der Waals surface area (Å²) < 4.78 is 6.21. The molecule has 154 valence electrons. The maximum absolute atomic E-state index is 12.2. The van der Waals surface area contributed by atoms with E-state index in [9.17, 15) is 9.59 Å². The van der Waals surface area contributed by atoms with Crippen LogP contribution >= 0.6 is 28.1 Å². The molecule has 0 aliphatic rings. The van der Waals surface area contributed by atoms with Gasteiger partial charge in [-0.15, -0.1) is 0 Å². The number of carbonyl (C=O) groups excluding carboxylic acids is 2. The SMILES string of the molecule is Cc1ccc(OCC(=O)NC(=S)NNC(=O)c2ccc(C(C)(C)C)cc2)c(Br)c1. The molecule has 2 rings (SSSR count). The van der Waals surface area contributed by atoms with E-state index in [-0.39, 0.29) is 23.0 Å². The Morgan fingerprint density at radius 3 is 2.31 bits per heavy atom. The highest BCUT2D eigenvalue weighted by atomic mass is 79.9. The monoisotopic (exact) mass is 477 g/mol. The fraction of sp³-hybridized carbons (Fsp3) is 0.286. The van der Waals surface area contributed by atoms with Crippen LogP contribution in [0.4, 0.5) is 0 Å². The van der Waals surface area contributed by atoms with E-state index in [0.29, 0.717) is 11.3 Å². The average Bonchev–Trinajstić information content (AvgIpc) is 2.65. The number of aryl methyl sites for hydroxylation is 1. The lowest BCUT2D eigenvalue weighted by Gasteiger charge is -2.19. The molecule has 2 amide bonds. The first kappa shape index (κ1) is 22.8. The summed E-state index contributed by atoms with van der Waals surface area (Å²) in [4.78, 5) is 24.2. The van der Waals surface area contributed by atoms with Crippen LogP contribution in [0.1, 0.15) is 42.3 Å². The third kappa shape index (κ3) is 7.14. The zero-order chi connectivity index (χ0) is 21.6. The second kappa shape index (κ2) is 9.84. The predicted molar refractivity (Wildman–Crippen MR) is 121 cm³/mol. The molecule has 2 aromatic carbocycles. The zero-order valence-electron chi connectivity index (χ0n) is 16.8. The van der Waals surface area contributed by atoms with Gasteiger partial charge in [-0.25, -0.2) is 0 Å². The molecule has 29 heavy (non-hydrogen) atoms. The molecule has 0 radical (unpaired) electrons. The van der Waals surface area contributed by atoms with Crippen LogP contribution in [-0.4, -0.2) is 23.5 Å². The molecule has 0 aliphatic carbocycles. The minimum atomic E-state index is -0.446. The highest BCUT2D eigenvalue weighted by molar-refractivity contribution is 9.10. The number of amides is 2. The Labute approximate surface area is 184 Å². The Hall–Kier alpha value is -2.45. The van der Waals surface area contributed by atoms with E-state index in [0.717, 1.165) is 15.6 Å². The highest BCUT2D eigenvalue weighted by Gasteiger charge is 2.14. The van der Waals surface area contributed by atoms with Crippen molar-refractivity contribution in [2.75, 3.05) is 6.61 Å². The van der Waals surface area contributed by atoms with Crippen molar-refractivity contribution in [3.8, 4) is 5.75 Å². The van der Waals surface area contributed by atoms with E-state index in [4.69, 9.17) is 17.0 Å². The number of rotatable bonds is 4. The van der Waals surface area contributed by atoms with Crippen LogP contribution in [0.2, 0.25) is 0 Å². The fourth-order valence-corrected chi connectivity index (χ4v) is 3.14. The van der Waals surface area contributed by atoms with Crippen LogP contribution in [0.5, 0.6) is 5.75 Å². The van der Waals surface area contributed by atoms with Gasteiger partial charge in [0.05, 0.1) is 4.47 Å². The van der Waals surface area contributed by atoms with Gasteiger partial charge in [-0.1, -0.05) is 39.0 Å². The van der Waals surface area contributed by atoms with Crippen molar-refractivity contribution in [1.29, 1.82) is 0 Å². The third-order valence-corrected chi connectivity index (χ3v) is 4.83. The zero-order valence-corrected chi connectivity index (χ0v) is 19.2. The normalized spacial score (nSPS) is 10.8. The molecule has 0 bridgehead atoms. The minimum Gasteiger partial charge on any atom is -0.483 e. The van der Waals surface area contributed by atoms with E-state index >= 15 is 0 Å². The topological polar surface area (TPSA) is 79.5 Å². The minimum absolute atomic E-state index is 0.00927. The number of hydrogen-bond donors (Lipinski definition) is 3. The maximum atomic E-state index is 12.2. The van der Waals surface area contributed by atoms with Gasteiger partial charge in [-0.05, 0) is 75.9 Å². The maximum Gasteiger partial charge on any atom is 0.269 e. The molecule has 0 saturated heterocycles. The number of ether oxygens (including phenoxy) is 1. The smallest absolute Gasteiger partial charge is 0.269 e. The Balaban J connectivity index is 1.78. The summed E-state index contributed by atoms with van der Waals surface area (Å²) in [5, 5.41) is 2.42. The Kier molecular flexibility index (Phi) is 7.75. The third-order valence-electron chi connectivity index (χ3n) is 4.00. The Bertz CT molecular complexity index is 908. The average molecular weight is 478 g/mol. The van der Waals surface area contributed by atoms with Gasteiger partial charge in [0.25, 0.3) is 11.8 Å². The number of nitrogens with one attached hydrogen (secondary N) is 3. The Morgan fingerprint density at radius 2 is 1.72 bits per heavy atom. The Morgan fingerprint density at radius 1 is 1.07 bits per heavy atom. The largest absolute Gasteiger partial charge is 0.483 e.